The van der Waals surface area contributed by atoms with Crippen LogP contribution in [0.25, 0.3) is 0 Å². The van der Waals surface area contributed by atoms with Crippen molar-refractivity contribution < 1.29 is 18.4 Å². The van der Waals surface area contributed by atoms with Crippen molar-refractivity contribution in [1.29, 1.82) is 0 Å². The van der Waals surface area contributed by atoms with Crippen molar-refractivity contribution >= 4 is 17.5 Å². The molecule has 0 saturated carbocycles. The van der Waals surface area contributed by atoms with Gasteiger partial charge < -0.3 is 9.80 Å². The zero-order valence-electron chi connectivity index (χ0n) is 13.8. The van der Waals surface area contributed by atoms with E-state index >= 15 is 0 Å². The highest BCUT2D eigenvalue weighted by atomic mass is 19.3. The van der Waals surface area contributed by atoms with E-state index in [1.807, 2.05) is 31.2 Å². The summed E-state index contributed by atoms with van der Waals surface area (Å²) < 4.78 is 24.7. The number of halogens is 2. The minimum Gasteiger partial charge on any atom is -0.342 e. The summed E-state index contributed by atoms with van der Waals surface area (Å²) in [7, 11) is 0. The van der Waals surface area contributed by atoms with Crippen LogP contribution in [-0.2, 0) is 16.0 Å². The van der Waals surface area contributed by atoms with E-state index < -0.39 is 6.43 Å². The molecule has 0 bridgehead atoms. The number of anilines is 1. The zero-order chi connectivity index (χ0) is 17.3. The lowest BCUT2D eigenvalue weighted by Crippen LogP contribution is -2.52. The zero-order valence-corrected chi connectivity index (χ0v) is 13.8. The highest BCUT2D eigenvalue weighted by molar-refractivity contribution is 6.00. The van der Waals surface area contributed by atoms with E-state index in [4.69, 9.17) is 0 Å². The Hall–Kier alpha value is -1.98. The molecule has 24 heavy (non-hydrogen) atoms. The number of benzene rings is 1. The summed E-state index contributed by atoms with van der Waals surface area (Å²) in [5.41, 5.74) is 1.96. The van der Waals surface area contributed by atoms with Gasteiger partial charge in [0.15, 0.2) is 0 Å². The molecule has 0 radical (unpaired) electrons. The molecule has 1 atom stereocenters. The molecule has 2 aliphatic heterocycles. The summed E-state index contributed by atoms with van der Waals surface area (Å²) in [6, 6.07) is 7.73. The molecule has 130 valence electrons. The van der Waals surface area contributed by atoms with Gasteiger partial charge in [0.2, 0.25) is 18.2 Å². The van der Waals surface area contributed by atoms with Gasteiger partial charge in [-0.15, -0.1) is 0 Å². The van der Waals surface area contributed by atoms with Crippen LogP contribution in [0.4, 0.5) is 14.5 Å². The number of para-hydroxylation sites is 1. The van der Waals surface area contributed by atoms with Crippen LogP contribution >= 0.6 is 0 Å². The van der Waals surface area contributed by atoms with Gasteiger partial charge in [0, 0.05) is 38.2 Å². The molecule has 1 aromatic rings. The Morgan fingerprint density at radius 3 is 2.62 bits per heavy atom. The lowest BCUT2D eigenvalue weighted by molar-refractivity contribution is -0.143. The molecule has 2 amide bonds. The molecule has 0 aromatic heterocycles. The van der Waals surface area contributed by atoms with Gasteiger partial charge in [0.25, 0.3) is 0 Å². The molecular formula is C18H22F2N2O2. The second-order valence-corrected chi connectivity index (χ2v) is 6.62. The van der Waals surface area contributed by atoms with Gasteiger partial charge in [-0.05, 0) is 24.0 Å². The minimum atomic E-state index is -2.32. The SMILES string of the molecule is CCc1ccccc1N1C[C@@H](C(=O)N2CC(CC(F)F)C2)CC1=O. The summed E-state index contributed by atoms with van der Waals surface area (Å²) in [6.45, 7) is 3.19. The number of likely N-dealkylation sites (tertiary alicyclic amines) is 1. The molecular weight excluding hydrogens is 314 g/mol. The Morgan fingerprint density at radius 2 is 1.96 bits per heavy atom. The molecule has 2 saturated heterocycles. The first-order valence-corrected chi connectivity index (χ1v) is 8.44. The van der Waals surface area contributed by atoms with Gasteiger partial charge >= 0.3 is 0 Å². The third-order valence-corrected chi connectivity index (χ3v) is 4.92. The fraction of sp³-hybridized carbons (Fsp3) is 0.556. The maximum Gasteiger partial charge on any atom is 0.239 e. The van der Waals surface area contributed by atoms with Gasteiger partial charge in [0.05, 0.1) is 5.92 Å². The van der Waals surface area contributed by atoms with Gasteiger partial charge in [-0.1, -0.05) is 25.1 Å². The average molecular weight is 336 g/mol. The lowest BCUT2D eigenvalue weighted by Gasteiger charge is -2.40. The van der Waals surface area contributed by atoms with Crippen LogP contribution in [0.1, 0.15) is 25.3 Å². The van der Waals surface area contributed by atoms with E-state index in [1.165, 1.54) is 0 Å². The van der Waals surface area contributed by atoms with Crippen molar-refractivity contribution in [2.75, 3.05) is 24.5 Å². The topological polar surface area (TPSA) is 40.6 Å². The monoisotopic (exact) mass is 336 g/mol. The molecule has 3 rings (SSSR count). The first-order valence-electron chi connectivity index (χ1n) is 8.44. The van der Waals surface area contributed by atoms with Gasteiger partial charge in [-0.3, -0.25) is 9.59 Å². The largest absolute Gasteiger partial charge is 0.342 e. The summed E-state index contributed by atoms with van der Waals surface area (Å²) in [5, 5.41) is 0. The number of alkyl halides is 2. The third kappa shape index (κ3) is 3.28. The van der Waals surface area contributed by atoms with Crippen molar-refractivity contribution in [3.05, 3.63) is 29.8 Å². The normalized spacial score (nSPS) is 21.5. The summed E-state index contributed by atoms with van der Waals surface area (Å²) in [6.07, 6.45) is -1.45. The number of carbonyl (C=O) groups excluding carboxylic acids is 2. The number of rotatable bonds is 5. The van der Waals surface area contributed by atoms with Gasteiger partial charge in [0.1, 0.15) is 0 Å². The van der Waals surface area contributed by atoms with Crippen LogP contribution in [0.3, 0.4) is 0 Å². The van der Waals surface area contributed by atoms with Crippen molar-refractivity contribution in [1.82, 2.24) is 4.90 Å². The molecule has 0 spiro atoms. The lowest BCUT2D eigenvalue weighted by atomic mass is 9.94. The van der Waals surface area contributed by atoms with E-state index in [9.17, 15) is 18.4 Å². The minimum absolute atomic E-state index is 0.0427. The molecule has 2 fully saturated rings. The quantitative estimate of drug-likeness (QED) is 0.829. The maximum absolute atomic E-state index is 12.5. The van der Waals surface area contributed by atoms with E-state index in [2.05, 4.69) is 0 Å². The summed E-state index contributed by atoms with van der Waals surface area (Å²) >= 11 is 0. The Kier molecular flexibility index (Phi) is 4.83. The maximum atomic E-state index is 12.5. The van der Waals surface area contributed by atoms with E-state index in [1.54, 1.807) is 9.80 Å². The van der Waals surface area contributed by atoms with Crippen molar-refractivity contribution in [3.63, 3.8) is 0 Å². The summed E-state index contributed by atoms with van der Waals surface area (Å²) in [5.74, 6) is -0.595. The third-order valence-electron chi connectivity index (χ3n) is 4.92. The van der Waals surface area contributed by atoms with E-state index in [0.717, 1.165) is 17.7 Å². The molecule has 0 unspecified atom stereocenters. The number of hydrogen-bond acceptors (Lipinski definition) is 2. The first-order chi connectivity index (χ1) is 11.5. The number of nitrogens with zero attached hydrogens (tertiary/aromatic N) is 2. The smallest absolute Gasteiger partial charge is 0.239 e. The number of carbonyl (C=O) groups is 2. The van der Waals surface area contributed by atoms with Crippen LogP contribution in [0.2, 0.25) is 0 Å². The number of aryl methyl sites for hydroxylation is 1. The highest BCUT2D eigenvalue weighted by Gasteiger charge is 2.41. The summed E-state index contributed by atoms with van der Waals surface area (Å²) in [4.78, 5) is 28.2. The molecule has 2 heterocycles. The molecule has 6 heteroatoms. The number of hydrogen-bond donors (Lipinski definition) is 0. The van der Waals surface area contributed by atoms with Gasteiger partial charge in [-0.2, -0.15) is 0 Å². The Morgan fingerprint density at radius 1 is 1.25 bits per heavy atom. The van der Waals surface area contributed by atoms with Crippen molar-refractivity contribution in [2.24, 2.45) is 11.8 Å². The second kappa shape index (κ2) is 6.87. The Balaban J connectivity index is 1.62. The second-order valence-electron chi connectivity index (χ2n) is 6.62. The molecule has 2 aliphatic rings. The fourth-order valence-corrected chi connectivity index (χ4v) is 3.59. The average Bonchev–Trinajstić information content (AvgIpc) is 2.91. The molecule has 0 N–H and O–H groups in total. The molecule has 4 nitrogen and oxygen atoms in total. The highest BCUT2D eigenvalue weighted by Crippen LogP contribution is 2.31. The predicted octanol–water partition coefficient (Wildman–Crippen LogP) is 2.72. The fourth-order valence-electron chi connectivity index (χ4n) is 3.59. The van der Waals surface area contributed by atoms with Crippen LogP contribution in [-0.4, -0.2) is 42.8 Å². The van der Waals surface area contributed by atoms with Crippen LogP contribution in [0.5, 0.6) is 0 Å². The Bertz CT molecular complexity index is 629. The van der Waals surface area contributed by atoms with Crippen LogP contribution < -0.4 is 4.90 Å². The van der Waals surface area contributed by atoms with Crippen molar-refractivity contribution in [3.8, 4) is 0 Å². The molecule has 1 aromatic carbocycles. The predicted molar refractivity (Wildman–Crippen MR) is 87.0 cm³/mol. The standard InChI is InChI=1S/C18H22F2N2O2/c1-2-13-5-3-4-6-15(13)22-11-14(8-17(22)23)18(24)21-9-12(10-21)7-16(19)20/h3-6,12,14,16H,2,7-11H2,1H3/t14-/m0/s1. The van der Waals surface area contributed by atoms with Gasteiger partial charge in [-0.25, -0.2) is 8.78 Å². The van der Waals surface area contributed by atoms with Crippen LogP contribution in [0, 0.1) is 11.8 Å². The van der Waals surface area contributed by atoms with E-state index in [-0.39, 0.29) is 36.5 Å². The van der Waals surface area contributed by atoms with E-state index in [0.29, 0.717) is 19.6 Å². The van der Waals surface area contributed by atoms with Crippen LogP contribution in [0.15, 0.2) is 24.3 Å². The molecule has 0 aliphatic carbocycles. The van der Waals surface area contributed by atoms with Crippen molar-refractivity contribution in [2.45, 2.75) is 32.6 Å². The number of amides is 2. The Labute approximate surface area is 140 Å². The first kappa shape index (κ1) is 16.9.